The predicted octanol–water partition coefficient (Wildman–Crippen LogP) is 1.98. The summed E-state index contributed by atoms with van der Waals surface area (Å²) in [6, 6.07) is 13.2. The molecule has 0 heterocycles. The highest BCUT2D eigenvalue weighted by Crippen LogP contribution is 2.12. The quantitative estimate of drug-likeness (QED) is 0.648. The van der Waals surface area contributed by atoms with Crippen molar-refractivity contribution in [3.8, 4) is 0 Å². The highest BCUT2D eigenvalue weighted by molar-refractivity contribution is 5.94. The minimum Gasteiger partial charge on any atom is -0.348 e. The third-order valence-electron chi connectivity index (χ3n) is 3.03. The van der Waals surface area contributed by atoms with Crippen LogP contribution in [0, 0.1) is 10.1 Å². The van der Waals surface area contributed by atoms with Crippen molar-refractivity contribution in [1.82, 2.24) is 5.32 Å². The van der Waals surface area contributed by atoms with Crippen molar-refractivity contribution in [2.45, 2.75) is 13.1 Å². The summed E-state index contributed by atoms with van der Waals surface area (Å²) in [5, 5.41) is 13.3. The van der Waals surface area contributed by atoms with Gasteiger partial charge in [0.25, 0.3) is 11.6 Å². The summed E-state index contributed by atoms with van der Waals surface area (Å²) in [5.41, 5.74) is 7.79. The Morgan fingerprint density at radius 1 is 1.14 bits per heavy atom. The van der Waals surface area contributed by atoms with Gasteiger partial charge in [-0.25, -0.2) is 0 Å². The first-order valence-electron chi connectivity index (χ1n) is 6.40. The lowest BCUT2D eigenvalue weighted by molar-refractivity contribution is -0.384. The number of carbonyl (C=O) groups is 1. The van der Waals surface area contributed by atoms with Gasteiger partial charge in [-0.05, 0) is 23.3 Å². The van der Waals surface area contributed by atoms with Gasteiger partial charge in [-0.15, -0.1) is 0 Å². The van der Waals surface area contributed by atoms with Crippen molar-refractivity contribution in [2.24, 2.45) is 5.73 Å². The fraction of sp³-hybridized carbons (Fsp3) is 0.133. The molecular formula is C15H15N3O3. The van der Waals surface area contributed by atoms with Crippen LogP contribution in [0.2, 0.25) is 0 Å². The molecule has 6 nitrogen and oxygen atoms in total. The van der Waals surface area contributed by atoms with Crippen molar-refractivity contribution in [1.29, 1.82) is 0 Å². The van der Waals surface area contributed by atoms with Gasteiger partial charge in [0.15, 0.2) is 0 Å². The molecule has 2 aromatic rings. The van der Waals surface area contributed by atoms with Gasteiger partial charge in [-0.2, -0.15) is 0 Å². The number of hydrogen-bond donors (Lipinski definition) is 2. The van der Waals surface area contributed by atoms with E-state index in [-0.39, 0.29) is 11.6 Å². The topological polar surface area (TPSA) is 98.3 Å². The van der Waals surface area contributed by atoms with Crippen LogP contribution in [-0.4, -0.2) is 10.8 Å². The van der Waals surface area contributed by atoms with Crippen LogP contribution in [0.1, 0.15) is 21.5 Å². The highest BCUT2D eigenvalue weighted by Gasteiger charge is 2.07. The van der Waals surface area contributed by atoms with E-state index in [0.717, 1.165) is 11.1 Å². The third-order valence-corrected chi connectivity index (χ3v) is 3.03. The predicted molar refractivity (Wildman–Crippen MR) is 78.6 cm³/mol. The first-order valence-corrected chi connectivity index (χ1v) is 6.40. The molecule has 0 aliphatic carbocycles. The first kappa shape index (κ1) is 14.7. The van der Waals surface area contributed by atoms with Gasteiger partial charge < -0.3 is 11.1 Å². The standard InChI is InChI=1S/C15H15N3O3/c16-9-12-2-1-3-13(8-12)15(19)17-10-11-4-6-14(7-5-11)18(20)21/h1-8H,9-10,16H2,(H,17,19). The Balaban J connectivity index is 1.98. The zero-order chi connectivity index (χ0) is 15.2. The molecule has 0 saturated carbocycles. The average Bonchev–Trinajstić information content (AvgIpc) is 2.53. The van der Waals surface area contributed by atoms with E-state index >= 15 is 0 Å². The number of benzene rings is 2. The maximum atomic E-state index is 12.0. The summed E-state index contributed by atoms with van der Waals surface area (Å²) in [4.78, 5) is 22.1. The van der Waals surface area contributed by atoms with Crippen molar-refractivity contribution in [2.75, 3.05) is 0 Å². The van der Waals surface area contributed by atoms with Gasteiger partial charge >= 0.3 is 0 Å². The minimum absolute atomic E-state index is 0.0284. The van der Waals surface area contributed by atoms with E-state index in [1.807, 2.05) is 6.07 Å². The molecule has 1 amide bonds. The summed E-state index contributed by atoms with van der Waals surface area (Å²) < 4.78 is 0. The maximum Gasteiger partial charge on any atom is 0.269 e. The third kappa shape index (κ3) is 3.87. The molecule has 6 heteroatoms. The Morgan fingerprint density at radius 2 is 1.86 bits per heavy atom. The Morgan fingerprint density at radius 3 is 2.48 bits per heavy atom. The van der Waals surface area contributed by atoms with Gasteiger partial charge in [0, 0.05) is 30.8 Å². The van der Waals surface area contributed by atoms with Crippen LogP contribution < -0.4 is 11.1 Å². The van der Waals surface area contributed by atoms with Gasteiger partial charge in [-0.1, -0.05) is 24.3 Å². The summed E-state index contributed by atoms with van der Waals surface area (Å²) in [5.74, 6) is -0.205. The molecule has 0 unspecified atom stereocenters. The van der Waals surface area contributed by atoms with Crippen LogP contribution in [0.3, 0.4) is 0 Å². The summed E-state index contributed by atoms with van der Waals surface area (Å²) in [6.45, 7) is 0.688. The number of nitro benzene ring substituents is 1. The van der Waals surface area contributed by atoms with Crippen molar-refractivity contribution in [3.05, 3.63) is 75.3 Å². The summed E-state index contributed by atoms with van der Waals surface area (Å²) in [7, 11) is 0. The number of rotatable bonds is 5. The lowest BCUT2D eigenvalue weighted by Crippen LogP contribution is -2.22. The monoisotopic (exact) mass is 285 g/mol. The van der Waals surface area contributed by atoms with Crippen LogP contribution in [0.25, 0.3) is 0 Å². The van der Waals surface area contributed by atoms with E-state index in [2.05, 4.69) is 5.32 Å². The zero-order valence-corrected chi connectivity index (χ0v) is 11.3. The van der Waals surface area contributed by atoms with E-state index in [9.17, 15) is 14.9 Å². The highest BCUT2D eigenvalue weighted by atomic mass is 16.6. The van der Waals surface area contributed by atoms with Crippen LogP contribution in [0.4, 0.5) is 5.69 Å². The van der Waals surface area contributed by atoms with Gasteiger partial charge in [0.05, 0.1) is 4.92 Å². The largest absolute Gasteiger partial charge is 0.348 e. The number of nitrogens with one attached hydrogen (secondary N) is 1. The lowest BCUT2D eigenvalue weighted by Gasteiger charge is -2.06. The molecule has 2 rings (SSSR count). The Labute approximate surface area is 121 Å². The number of non-ortho nitro benzene ring substituents is 1. The maximum absolute atomic E-state index is 12.0. The molecule has 0 atom stereocenters. The zero-order valence-electron chi connectivity index (χ0n) is 11.3. The molecule has 0 radical (unpaired) electrons. The molecule has 2 aromatic carbocycles. The smallest absolute Gasteiger partial charge is 0.269 e. The van der Waals surface area contributed by atoms with E-state index in [4.69, 9.17) is 5.73 Å². The number of nitrogens with two attached hydrogens (primary N) is 1. The molecule has 0 bridgehead atoms. The van der Waals surface area contributed by atoms with Crippen molar-refractivity contribution < 1.29 is 9.72 Å². The summed E-state index contributed by atoms with van der Waals surface area (Å²) >= 11 is 0. The van der Waals surface area contributed by atoms with Gasteiger partial charge in [0.1, 0.15) is 0 Å². The Hall–Kier alpha value is -2.73. The Kier molecular flexibility index (Phi) is 4.63. The number of nitro groups is 1. The molecular weight excluding hydrogens is 270 g/mol. The molecule has 0 fully saturated rings. The normalized spacial score (nSPS) is 10.1. The minimum atomic E-state index is -0.458. The van der Waals surface area contributed by atoms with Gasteiger partial charge in [0.2, 0.25) is 0 Å². The lowest BCUT2D eigenvalue weighted by atomic mass is 10.1. The van der Waals surface area contributed by atoms with E-state index in [1.165, 1.54) is 12.1 Å². The number of hydrogen-bond acceptors (Lipinski definition) is 4. The molecule has 0 spiro atoms. The van der Waals surface area contributed by atoms with Crippen molar-refractivity contribution in [3.63, 3.8) is 0 Å². The fourth-order valence-electron chi connectivity index (χ4n) is 1.86. The van der Waals surface area contributed by atoms with Crippen LogP contribution in [-0.2, 0) is 13.1 Å². The average molecular weight is 285 g/mol. The van der Waals surface area contributed by atoms with Crippen LogP contribution in [0.5, 0.6) is 0 Å². The van der Waals surface area contributed by atoms with E-state index < -0.39 is 4.92 Å². The van der Waals surface area contributed by atoms with E-state index in [1.54, 1.807) is 30.3 Å². The van der Waals surface area contributed by atoms with Crippen LogP contribution in [0.15, 0.2) is 48.5 Å². The molecule has 0 aliphatic rings. The Bertz CT molecular complexity index is 653. The molecule has 108 valence electrons. The number of carbonyl (C=O) groups excluding carboxylic acids is 1. The summed E-state index contributed by atoms with van der Waals surface area (Å²) in [6.07, 6.45) is 0. The van der Waals surface area contributed by atoms with Crippen LogP contribution >= 0.6 is 0 Å². The second kappa shape index (κ2) is 6.62. The fourth-order valence-corrected chi connectivity index (χ4v) is 1.86. The molecule has 0 aliphatic heterocycles. The van der Waals surface area contributed by atoms with Gasteiger partial charge in [-0.3, -0.25) is 14.9 Å². The van der Waals surface area contributed by atoms with Crippen molar-refractivity contribution >= 4 is 11.6 Å². The number of amides is 1. The molecule has 0 saturated heterocycles. The first-order chi connectivity index (χ1) is 10.1. The van der Waals surface area contributed by atoms with E-state index in [0.29, 0.717) is 18.7 Å². The molecule has 3 N–H and O–H groups in total. The molecule has 0 aromatic heterocycles. The number of nitrogens with zero attached hydrogens (tertiary/aromatic N) is 1. The molecule has 21 heavy (non-hydrogen) atoms. The second-order valence-corrected chi connectivity index (χ2v) is 4.51. The second-order valence-electron chi connectivity index (χ2n) is 4.51. The SMILES string of the molecule is NCc1cccc(C(=O)NCc2ccc([N+](=O)[O-])cc2)c1.